The van der Waals surface area contributed by atoms with Crippen molar-refractivity contribution in [3.63, 3.8) is 0 Å². The lowest BCUT2D eigenvalue weighted by Gasteiger charge is -2.10. The second-order valence-corrected chi connectivity index (χ2v) is 4.10. The predicted molar refractivity (Wildman–Crippen MR) is 75.3 cm³/mol. The number of hydrogen-bond acceptors (Lipinski definition) is 2. The van der Waals surface area contributed by atoms with E-state index in [1.54, 1.807) is 12.4 Å². The zero-order chi connectivity index (χ0) is 12.1. The van der Waals surface area contributed by atoms with Gasteiger partial charge in [-0.25, -0.2) is 0 Å². The molecule has 0 amide bonds. The van der Waals surface area contributed by atoms with Crippen molar-refractivity contribution >= 4 is 28.7 Å². The Kier molecular flexibility index (Phi) is 3.67. The standard InChI is InChI=1S/C13H13N3S/c1-10-4-2-5-11(8-10)15-13(17)16-12-6-3-7-14-9-12/h2-9H,1H3,(H2,15,16,17). The van der Waals surface area contributed by atoms with Gasteiger partial charge >= 0.3 is 0 Å². The Hall–Kier alpha value is -1.94. The van der Waals surface area contributed by atoms with Gasteiger partial charge < -0.3 is 10.6 Å². The first kappa shape index (κ1) is 11.5. The molecule has 86 valence electrons. The molecule has 2 N–H and O–H groups in total. The first-order chi connectivity index (χ1) is 8.24. The number of anilines is 2. The van der Waals surface area contributed by atoms with E-state index in [2.05, 4.69) is 15.6 Å². The van der Waals surface area contributed by atoms with Crippen molar-refractivity contribution in [2.45, 2.75) is 6.92 Å². The van der Waals surface area contributed by atoms with Gasteiger partial charge in [0.15, 0.2) is 5.11 Å². The summed E-state index contributed by atoms with van der Waals surface area (Å²) >= 11 is 5.21. The molecule has 0 unspecified atom stereocenters. The highest BCUT2D eigenvalue weighted by Gasteiger charge is 1.98. The number of aryl methyl sites for hydroxylation is 1. The molecule has 0 atom stereocenters. The molecule has 2 aromatic rings. The number of nitrogens with one attached hydrogen (secondary N) is 2. The minimum atomic E-state index is 0.559. The van der Waals surface area contributed by atoms with Gasteiger partial charge in [-0.2, -0.15) is 0 Å². The highest BCUT2D eigenvalue weighted by Crippen LogP contribution is 2.10. The van der Waals surface area contributed by atoms with E-state index in [9.17, 15) is 0 Å². The minimum absolute atomic E-state index is 0.559. The number of nitrogens with zero attached hydrogens (tertiary/aromatic N) is 1. The fourth-order valence-electron chi connectivity index (χ4n) is 1.45. The Morgan fingerprint density at radius 2 is 1.88 bits per heavy atom. The number of pyridine rings is 1. The molecule has 17 heavy (non-hydrogen) atoms. The molecule has 0 fully saturated rings. The maximum Gasteiger partial charge on any atom is 0.175 e. The third kappa shape index (κ3) is 3.53. The highest BCUT2D eigenvalue weighted by atomic mass is 32.1. The van der Waals surface area contributed by atoms with Gasteiger partial charge in [-0.3, -0.25) is 4.98 Å². The SMILES string of the molecule is Cc1cccc(NC(=S)Nc2cccnc2)c1. The summed E-state index contributed by atoms with van der Waals surface area (Å²) in [6.07, 6.45) is 3.45. The quantitative estimate of drug-likeness (QED) is 0.794. The van der Waals surface area contributed by atoms with Gasteiger partial charge in [-0.15, -0.1) is 0 Å². The molecule has 2 rings (SSSR count). The monoisotopic (exact) mass is 243 g/mol. The maximum atomic E-state index is 5.21. The van der Waals surface area contributed by atoms with E-state index in [4.69, 9.17) is 12.2 Å². The van der Waals surface area contributed by atoms with E-state index < -0.39 is 0 Å². The van der Waals surface area contributed by atoms with Crippen LogP contribution >= 0.6 is 12.2 Å². The molecule has 1 aromatic carbocycles. The molecule has 0 radical (unpaired) electrons. The van der Waals surface area contributed by atoms with Crippen LogP contribution in [0.2, 0.25) is 0 Å². The van der Waals surface area contributed by atoms with Crippen molar-refractivity contribution in [3.05, 3.63) is 54.4 Å². The molecule has 4 heteroatoms. The summed E-state index contributed by atoms with van der Waals surface area (Å²) in [7, 11) is 0. The van der Waals surface area contributed by atoms with Crippen LogP contribution in [0.15, 0.2) is 48.8 Å². The molecule has 0 aliphatic heterocycles. The average Bonchev–Trinajstić information content (AvgIpc) is 2.30. The molecule has 0 saturated heterocycles. The van der Waals surface area contributed by atoms with Gasteiger partial charge in [0, 0.05) is 11.9 Å². The molecule has 1 heterocycles. The lowest BCUT2D eigenvalue weighted by Crippen LogP contribution is -2.19. The van der Waals surface area contributed by atoms with Crippen LogP contribution in [0.1, 0.15) is 5.56 Å². The van der Waals surface area contributed by atoms with Crippen molar-refractivity contribution < 1.29 is 0 Å². The second kappa shape index (κ2) is 5.41. The van der Waals surface area contributed by atoms with E-state index in [0.717, 1.165) is 11.4 Å². The molecule has 0 spiro atoms. The number of aromatic nitrogens is 1. The first-order valence-corrected chi connectivity index (χ1v) is 5.69. The lowest BCUT2D eigenvalue weighted by molar-refractivity contribution is 1.33. The van der Waals surface area contributed by atoms with Crippen LogP contribution in [0.3, 0.4) is 0 Å². The molecular weight excluding hydrogens is 230 g/mol. The third-order valence-corrected chi connectivity index (χ3v) is 2.40. The fraction of sp³-hybridized carbons (Fsp3) is 0.0769. The Balaban J connectivity index is 1.98. The molecular formula is C13H13N3S. The number of benzene rings is 1. The van der Waals surface area contributed by atoms with Crippen LogP contribution in [-0.2, 0) is 0 Å². The molecule has 0 aliphatic carbocycles. The number of hydrogen-bond donors (Lipinski definition) is 2. The van der Waals surface area contributed by atoms with E-state index in [1.165, 1.54) is 5.56 Å². The van der Waals surface area contributed by atoms with Crippen molar-refractivity contribution in [1.29, 1.82) is 0 Å². The fourth-order valence-corrected chi connectivity index (χ4v) is 1.69. The molecule has 3 nitrogen and oxygen atoms in total. The highest BCUT2D eigenvalue weighted by molar-refractivity contribution is 7.80. The van der Waals surface area contributed by atoms with E-state index in [1.807, 2.05) is 43.3 Å². The largest absolute Gasteiger partial charge is 0.332 e. The summed E-state index contributed by atoms with van der Waals surface area (Å²) in [5.41, 5.74) is 3.04. The Bertz CT molecular complexity index is 511. The molecule has 0 saturated carbocycles. The maximum absolute atomic E-state index is 5.21. The van der Waals surface area contributed by atoms with E-state index in [-0.39, 0.29) is 0 Å². The van der Waals surface area contributed by atoms with Crippen molar-refractivity contribution in [1.82, 2.24) is 4.98 Å². The summed E-state index contributed by atoms with van der Waals surface area (Å²) in [4.78, 5) is 4.01. The van der Waals surface area contributed by atoms with Crippen LogP contribution < -0.4 is 10.6 Å². The van der Waals surface area contributed by atoms with Gasteiger partial charge in [0.2, 0.25) is 0 Å². The van der Waals surface area contributed by atoms with E-state index in [0.29, 0.717) is 5.11 Å². The van der Waals surface area contributed by atoms with Crippen molar-refractivity contribution in [2.75, 3.05) is 10.6 Å². The lowest BCUT2D eigenvalue weighted by atomic mass is 10.2. The third-order valence-electron chi connectivity index (χ3n) is 2.20. The Labute approximate surface area is 106 Å². The van der Waals surface area contributed by atoms with Gasteiger partial charge in [-0.1, -0.05) is 12.1 Å². The van der Waals surface area contributed by atoms with Crippen LogP contribution in [-0.4, -0.2) is 10.1 Å². The van der Waals surface area contributed by atoms with Crippen molar-refractivity contribution in [2.24, 2.45) is 0 Å². The summed E-state index contributed by atoms with van der Waals surface area (Å²) in [6, 6.07) is 11.8. The predicted octanol–water partition coefficient (Wildman–Crippen LogP) is 3.20. The Morgan fingerprint density at radius 3 is 2.59 bits per heavy atom. The summed E-state index contributed by atoms with van der Waals surface area (Å²) in [5, 5.41) is 6.75. The normalized spacial score (nSPS) is 9.71. The van der Waals surface area contributed by atoms with Crippen LogP contribution in [0.25, 0.3) is 0 Å². The van der Waals surface area contributed by atoms with Gasteiger partial charge in [0.1, 0.15) is 0 Å². The van der Waals surface area contributed by atoms with Crippen molar-refractivity contribution in [3.8, 4) is 0 Å². The topological polar surface area (TPSA) is 37.0 Å². The number of rotatable bonds is 2. The molecule has 0 aliphatic rings. The van der Waals surface area contributed by atoms with Gasteiger partial charge in [0.05, 0.1) is 11.9 Å². The van der Waals surface area contributed by atoms with Crippen LogP contribution in [0.4, 0.5) is 11.4 Å². The van der Waals surface area contributed by atoms with Gasteiger partial charge in [-0.05, 0) is 49.0 Å². The van der Waals surface area contributed by atoms with Crippen LogP contribution in [0.5, 0.6) is 0 Å². The smallest absolute Gasteiger partial charge is 0.175 e. The zero-order valence-electron chi connectivity index (χ0n) is 9.47. The summed E-state index contributed by atoms with van der Waals surface area (Å²) in [5.74, 6) is 0. The zero-order valence-corrected chi connectivity index (χ0v) is 10.3. The molecule has 0 bridgehead atoms. The summed E-state index contributed by atoms with van der Waals surface area (Å²) in [6.45, 7) is 2.04. The second-order valence-electron chi connectivity index (χ2n) is 3.69. The number of thiocarbonyl (C=S) groups is 1. The first-order valence-electron chi connectivity index (χ1n) is 5.29. The minimum Gasteiger partial charge on any atom is -0.332 e. The molecule has 1 aromatic heterocycles. The van der Waals surface area contributed by atoms with Gasteiger partial charge in [0.25, 0.3) is 0 Å². The van der Waals surface area contributed by atoms with Crippen LogP contribution in [0, 0.1) is 6.92 Å². The van der Waals surface area contributed by atoms with E-state index >= 15 is 0 Å². The summed E-state index contributed by atoms with van der Waals surface area (Å²) < 4.78 is 0. The average molecular weight is 243 g/mol. The Morgan fingerprint density at radius 1 is 1.12 bits per heavy atom.